The van der Waals surface area contributed by atoms with Crippen LogP contribution >= 0.6 is 0 Å². The average Bonchev–Trinajstić information content (AvgIpc) is 3.00. The topological polar surface area (TPSA) is 60.3 Å². The summed E-state index contributed by atoms with van der Waals surface area (Å²) in [5.41, 5.74) is 6.01. The van der Waals surface area contributed by atoms with Gasteiger partial charge >= 0.3 is 0 Å². The Kier molecular flexibility index (Phi) is 5.01. The number of hydrogen-bond acceptors (Lipinski definition) is 3. The van der Waals surface area contributed by atoms with E-state index in [0.717, 1.165) is 38.5 Å². The van der Waals surface area contributed by atoms with Crippen LogP contribution in [0.4, 0.5) is 5.69 Å². The third kappa shape index (κ3) is 3.64. The van der Waals surface area contributed by atoms with Crippen LogP contribution in [0.15, 0.2) is 24.3 Å². The Morgan fingerprint density at radius 2 is 1.63 bits per heavy atom. The third-order valence-corrected chi connectivity index (χ3v) is 5.55. The Morgan fingerprint density at radius 3 is 2.26 bits per heavy atom. The molecule has 0 unspecified atom stereocenters. The minimum atomic E-state index is -0.131. The van der Waals surface area contributed by atoms with Gasteiger partial charge in [0.15, 0.2) is 6.61 Å². The van der Waals surface area contributed by atoms with E-state index in [-0.39, 0.29) is 18.4 Å². The van der Waals surface area contributed by atoms with Crippen molar-refractivity contribution in [1.29, 1.82) is 0 Å². The summed E-state index contributed by atoms with van der Waals surface area (Å²) in [7, 11) is 0. The molecular formula is C22H26N2O3. The quantitative estimate of drug-likeness (QED) is 0.892. The number of hydrogen-bond donors (Lipinski definition) is 1. The van der Waals surface area contributed by atoms with E-state index in [9.17, 15) is 9.59 Å². The first-order chi connectivity index (χ1) is 13.1. The Labute approximate surface area is 159 Å². The number of aromatic nitrogens is 1. The number of benzene rings is 1. The van der Waals surface area contributed by atoms with Gasteiger partial charge in [-0.1, -0.05) is 6.07 Å². The number of ether oxygens (including phenoxy) is 1. The van der Waals surface area contributed by atoms with Crippen molar-refractivity contribution in [2.24, 2.45) is 0 Å². The van der Waals surface area contributed by atoms with Crippen LogP contribution in [0.25, 0.3) is 0 Å². The summed E-state index contributed by atoms with van der Waals surface area (Å²) in [6.45, 7) is 1.48. The first kappa shape index (κ1) is 17.8. The Bertz CT molecular complexity index is 848. The highest BCUT2D eigenvalue weighted by molar-refractivity contribution is 5.89. The fourth-order valence-electron chi connectivity index (χ4n) is 4.46. The maximum atomic E-state index is 13.1. The van der Waals surface area contributed by atoms with Gasteiger partial charge in [0.05, 0.1) is 0 Å². The van der Waals surface area contributed by atoms with E-state index in [1.165, 1.54) is 42.3 Å². The molecule has 142 valence electrons. The van der Waals surface area contributed by atoms with Gasteiger partial charge in [-0.2, -0.15) is 0 Å². The predicted molar refractivity (Wildman–Crippen MR) is 105 cm³/mol. The van der Waals surface area contributed by atoms with Gasteiger partial charge in [-0.15, -0.1) is 0 Å². The van der Waals surface area contributed by atoms with E-state index in [1.807, 2.05) is 10.6 Å². The predicted octanol–water partition coefficient (Wildman–Crippen LogP) is 3.92. The van der Waals surface area contributed by atoms with Crippen LogP contribution in [0.3, 0.4) is 0 Å². The van der Waals surface area contributed by atoms with Gasteiger partial charge in [-0.3, -0.25) is 14.2 Å². The molecule has 1 heterocycles. The monoisotopic (exact) mass is 366 g/mol. The molecule has 2 aromatic rings. The van der Waals surface area contributed by atoms with Crippen molar-refractivity contribution in [3.63, 3.8) is 0 Å². The van der Waals surface area contributed by atoms with Crippen LogP contribution in [0.2, 0.25) is 0 Å². The van der Waals surface area contributed by atoms with Gasteiger partial charge in [0.2, 0.25) is 5.91 Å². The summed E-state index contributed by atoms with van der Waals surface area (Å²) in [6.07, 6.45) is 8.97. The summed E-state index contributed by atoms with van der Waals surface area (Å²) < 4.78 is 7.75. The lowest BCUT2D eigenvalue weighted by Gasteiger charge is -2.17. The molecule has 2 aliphatic rings. The number of carbonyl (C=O) groups excluding carboxylic acids is 2. The van der Waals surface area contributed by atoms with Gasteiger partial charge in [0.1, 0.15) is 5.75 Å². The van der Waals surface area contributed by atoms with E-state index >= 15 is 0 Å². The molecule has 27 heavy (non-hydrogen) atoms. The molecule has 1 amide bonds. The van der Waals surface area contributed by atoms with Crippen molar-refractivity contribution in [2.45, 2.75) is 58.3 Å². The van der Waals surface area contributed by atoms with Crippen molar-refractivity contribution < 1.29 is 14.3 Å². The van der Waals surface area contributed by atoms with Crippen LogP contribution in [0.1, 0.15) is 59.9 Å². The second kappa shape index (κ2) is 7.59. The standard InChI is InChI=1S/C22H26N2O3/c1-15(25)23-16-7-6-8-17(13-16)27-14-22(26)24-20-11-4-2-9-18(20)19-10-3-5-12-21(19)24/h6-8,13H,2-5,9-12,14H2,1H3,(H,23,25). The summed E-state index contributed by atoms with van der Waals surface area (Å²) in [4.78, 5) is 24.3. The molecule has 5 nitrogen and oxygen atoms in total. The zero-order chi connectivity index (χ0) is 18.8. The molecule has 4 rings (SSSR count). The second-order valence-electron chi connectivity index (χ2n) is 7.49. The van der Waals surface area contributed by atoms with Crippen LogP contribution < -0.4 is 10.1 Å². The molecule has 0 fully saturated rings. The van der Waals surface area contributed by atoms with E-state index in [0.29, 0.717) is 11.4 Å². The highest BCUT2D eigenvalue weighted by atomic mass is 16.5. The summed E-state index contributed by atoms with van der Waals surface area (Å²) in [5.74, 6) is 0.472. The number of anilines is 1. The van der Waals surface area contributed by atoms with Crippen molar-refractivity contribution >= 4 is 17.5 Å². The number of fused-ring (bicyclic) bond motifs is 3. The molecule has 0 atom stereocenters. The normalized spacial score (nSPS) is 15.6. The SMILES string of the molecule is CC(=O)Nc1cccc(OCC(=O)n2c3c(c4c2CCCC4)CCCC3)c1. The van der Waals surface area contributed by atoms with Crippen LogP contribution in [0.5, 0.6) is 5.75 Å². The molecule has 1 N–H and O–H groups in total. The molecule has 0 radical (unpaired) electrons. The number of nitrogens with zero attached hydrogens (tertiary/aromatic N) is 1. The zero-order valence-electron chi connectivity index (χ0n) is 15.8. The Morgan fingerprint density at radius 1 is 1.00 bits per heavy atom. The average molecular weight is 366 g/mol. The highest BCUT2D eigenvalue weighted by Gasteiger charge is 2.28. The van der Waals surface area contributed by atoms with Gasteiger partial charge in [-0.25, -0.2) is 0 Å². The molecule has 0 saturated heterocycles. The lowest BCUT2D eigenvalue weighted by Crippen LogP contribution is -2.24. The molecule has 0 spiro atoms. The lowest BCUT2D eigenvalue weighted by molar-refractivity contribution is -0.114. The zero-order valence-corrected chi connectivity index (χ0v) is 15.8. The molecule has 0 saturated carbocycles. The Balaban J connectivity index is 1.54. The van der Waals surface area contributed by atoms with Gasteiger partial charge in [0, 0.05) is 30.1 Å². The van der Waals surface area contributed by atoms with Crippen molar-refractivity contribution in [1.82, 2.24) is 4.57 Å². The Hall–Kier alpha value is -2.56. The van der Waals surface area contributed by atoms with Gasteiger partial charge < -0.3 is 10.1 Å². The number of nitrogens with one attached hydrogen (secondary N) is 1. The lowest BCUT2D eigenvalue weighted by atomic mass is 9.89. The maximum absolute atomic E-state index is 13.1. The molecule has 1 aromatic heterocycles. The first-order valence-corrected chi connectivity index (χ1v) is 9.91. The van der Waals surface area contributed by atoms with Crippen molar-refractivity contribution in [3.05, 3.63) is 46.8 Å². The second-order valence-corrected chi connectivity index (χ2v) is 7.49. The van der Waals surface area contributed by atoms with Gasteiger partial charge in [0.25, 0.3) is 5.91 Å². The molecular weight excluding hydrogens is 340 g/mol. The van der Waals surface area contributed by atoms with E-state index < -0.39 is 0 Å². The smallest absolute Gasteiger partial charge is 0.268 e. The van der Waals surface area contributed by atoms with Crippen molar-refractivity contribution in [2.75, 3.05) is 11.9 Å². The van der Waals surface area contributed by atoms with Gasteiger partial charge in [-0.05, 0) is 74.6 Å². The minimum absolute atomic E-state index is 0.0110. The van der Waals surface area contributed by atoms with Crippen LogP contribution in [-0.4, -0.2) is 23.0 Å². The first-order valence-electron chi connectivity index (χ1n) is 9.91. The van der Waals surface area contributed by atoms with E-state index in [2.05, 4.69) is 5.32 Å². The van der Waals surface area contributed by atoms with Crippen molar-refractivity contribution in [3.8, 4) is 5.75 Å². The van der Waals surface area contributed by atoms with Crippen LogP contribution in [-0.2, 0) is 30.5 Å². The highest BCUT2D eigenvalue weighted by Crippen LogP contribution is 2.34. The number of carbonyl (C=O) groups is 2. The largest absolute Gasteiger partial charge is 0.484 e. The molecule has 0 aliphatic heterocycles. The molecule has 1 aromatic carbocycles. The summed E-state index contributed by atoms with van der Waals surface area (Å²) in [6, 6.07) is 7.16. The van der Waals surface area contributed by atoms with E-state index in [4.69, 9.17) is 4.74 Å². The summed E-state index contributed by atoms with van der Waals surface area (Å²) in [5, 5.41) is 2.73. The molecule has 2 aliphatic carbocycles. The van der Waals surface area contributed by atoms with E-state index in [1.54, 1.807) is 18.2 Å². The number of rotatable bonds is 4. The van der Waals surface area contributed by atoms with Crippen LogP contribution in [0, 0.1) is 0 Å². The maximum Gasteiger partial charge on any atom is 0.268 e. The molecule has 0 bridgehead atoms. The summed E-state index contributed by atoms with van der Waals surface area (Å²) >= 11 is 0. The fraction of sp³-hybridized carbons (Fsp3) is 0.455. The minimum Gasteiger partial charge on any atom is -0.484 e. The fourth-order valence-corrected chi connectivity index (χ4v) is 4.46. The number of amides is 1. The third-order valence-electron chi connectivity index (χ3n) is 5.55. The molecule has 5 heteroatoms.